The summed E-state index contributed by atoms with van der Waals surface area (Å²) in [5, 5.41) is 0. The van der Waals surface area contributed by atoms with Crippen molar-refractivity contribution in [2.45, 2.75) is 26.1 Å². The van der Waals surface area contributed by atoms with Crippen LogP contribution >= 0.6 is 0 Å². The molecular weight excluding hydrogens is 200 g/mol. The molecule has 1 atom stereocenters. The highest BCUT2D eigenvalue weighted by molar-refractivity contribution is 5.07. The fraction of sp³-hybridized carbons (Fsp3) is 0.625. The lowest BCUT2D eigenvalue weighted by Gasteiger charge is -2.09. The second-order valence-electron chi connectivity index (χ2n) is 3.08. The summed E-state index contributed by atoms with van der Waals surface area (Å²) >= 11 is 0. The number of imidazole rings is 1. The summed E-state index contributed by atoms with van der Waals surface area (Å²) in [5.74, 6) is 0.169. The van der Waals surface area contributed by atoms with E-state index in [-0.39, 0.29) is 5.82 Å². The van der Waals surface area contributed by atoms with E-state index in [9.17, 15) is 17.6 Å². The molecule has 0 aliphatic rings. The topological polar surface area (TPSA) is 17.8 Å². The average molecular weight is 210 g/mol. The fourth-order valence-electron chi connectivity index (χ4n) is 1.14. The van der Waals surface area contributed by atoms with E-state index < -0.39 is 24.6 Å². The molecule has 0 N–H and O–H groups in total. The standard InChI is InChI=1S/C8H10F4N2/c1-5(3-9)14-4-7(8(10,11)12)13-6(14)2/h4-5H,3H2,1-2H3. The van der Waals surface area contributed by atoms with E-state index >= 15 is 0 Å². The zero-order chi connectivity index (χ0) is 10.9. The van der Waals surface area contributed by atoms with Crippen molar-refractivity contribution in [3.63, 3.8) is 0 Å². The summed E-state index contributed by atoms with van der Waals surface area (Å²) < 4.78 is 49.9. The minimum Gasteiger partial charge on any atom is -0.329 e. The van der Waals surface area contributed by atoms with Crippen molar-refractivity contribution in [3.05, 3.63) is 17.7 Å². The summed E-state index contributed by atoms with van der Waals surface area (Å²) in [5.41, 5.74) is -0.977. The molecular formula is C8H10F4N2. The van der Waals surface area contributed by atoms with Crippen molar-refractivity contribution >= 4 is 0 Å². The Morgan fingerprint density at radius 2 is 2.07 bits per heavy atom. The molecule has 1 rings (SSSR count). The molecule has 0 amide bonds. The van der Waals surface area contributed by atoms with Crippen molar-refractivity contribution in [1.29, 1.82) is 0 Å². The van der Waals surface area contributed by atoms with E-state index in [4.69, 9.17) is 0 Å². The molecule has 0 fully saturated rings. The Balaban J connectivity index is 3.05. The second-order valence-corrected chi connectivity index (χ2v) is 3.08. The van der Waals surface area contributed by atoms with E-state index in [1.807, 2.05) is 0 Å². The highest BCUT2D eigenvalue weighted by atomic mass is 19.4. The normalized spacial score (nSPS) is 14.4. The number of halogens is 4. The summed E-state index contributed by atoms with van der Waals surface area (Å²) in [6.45, 7) is 2.20. The van der Waals surface area contributed by atoms with Crippen molar-refractivity contribution in [1.82, 2.24) is 9.55 Å². The molecule has 0 saturated carbocycles. The van der Waals surface area contributed by atoms with Crippen LogP contribution in [0, 0.1) is 6.92 Å². The maximum atomic E-state index is 12.2. The first kappa shape index (κ1) is 11.0. The van der Waals surface area contributed by atoms with Gasteiger partial charge in [0, 0.05) is 6.20 Å². The van der Waals surface area contributed by atoms with Crippen LogP contribution in [0.5, 0.6) is 0 Å². The van der Waals surface area contributed by atoms with E-state index in [1.54, 1.807) is 0 Å². The summed E-state index contributed by atoms with van der Waals surface area (Å²) in [4.78, 5) is 3.32. The van der Waals surface area contributed by atoms with Gasteiger partial charge in [0.05, 0.1) is 6.04 Å². The molecule has 80 valence electrons. The van der Waals surface area contributed by atoms with E-state index in [0.717, 1.165) is 6.20 Å². The molecule has 0 aromatic carbocycles. The summed E-state index contributed by atoms with van der Waals surface area (Å²) in [6, 6.07) is -0.612. The van der Waals surface area contributed by atoms with Gasteiger partial charge in [-0.25, -0.2) is 9.37 Å². The van der Waals surface area contributed by atoms with Crippen LogP contribution in [0.4, 0.5) is 17.6 Å². The first-order valence-corrected chi connectivity index (χ1v) is 4.05. The minimum absolute atomic E-state index is 0.169. The molecule has 14 heavy (non-hydrogen) atoms. The molecule has 0 saturated heterocycles. The maximum absolute atomic E-state index is 12.2. The van der Waals surface area contributed by atoms with Gasteiger partial charge in [-0.3, -0.25) is 0 Å². The van der Waals surface area contributed by atoms with Crippen molar-refractivity contribution in [2.24, 2.45) is 0 Å². The molecule has 0 radical (unpaired) electrons. The predicted octanol–water partition coefficient (Wildman–Crippen LogP) is 2.74. The number of hydrogen-bond donors (Lipinski definition) is 0. The van der Waals surface area contributed by atoms with Gasteiger partial charge >= 0.3 is 6.18 Å². The monoisotopic (exact) mass is 210 g/mol. The smallest absolute Gasteiger partial charge is 0.329 e. The lowest BCUT2D eigenvalue weighted by atomic mass is 10.3. The third kappa shape index (κ3) is 2.05. The van der Waals surface area contributed by atoms with Gasteiger partial charge in [0.25, 0.3) is 0 Å². The van der Waals surface area contributed by atoms with Crippen LogP contribution in [0.1, 0.15) is 24.5 Å². The number of aromatic nitrogens is 2. The number of hydrogen-bond acceptors (Lipinski definition) is 1. The highest BCUT2D eigenvalue weighted by Crippen LogP contribution is 2.29. The van der Waals surface area contributed by atoms with Gasteiger partial charge in [-0.05, 0) is 13.8 Å². The Morgan fingerprint density at radius 1 is 1.50 bits per heavy atom. The lowest BCUT2D eigenvalue weighted by Crippen LogP contribution is -2.08. The average Bonchev–Trinajstić information content (AvgIpc) is 2.45. The number of alkyl halides is 4. The SMILES string of the molecule is Cc1nc(C(F)(F)F)cn1C(C)CF. The molecule has 1 heterocycles. The van der Waals surface area contributed by atoms with Gasteiger partial charge in [-0.2, -0.15) is 13.2 Å². The van der Waals surface area contributed by atoms with Crippen molar-refractivity contribution in [2.75, 3.05) is 6.67 Å². The molecule has 2 nitrogen and oxygen atoms in total. The highest BCUT2D eigenvalue weighted by Gasteiger charge is 2.34. The van der Waals surface area contributed by atoms with E-state index in [1.165, 1.54) is 18.4 Å². The molecule has 6 heteroatoms. The van der Waals surface area contributed by atoms with Crippen molar-refractivity contribution < 1.29 is 17.6 Å². The Morgan fingerprint density at radius 3 is 2.43 bits per heavy atom. The first-order valence-electron chi connectivity index (χ1n) is 4.05. The molecule has 0 aliphatic carbocycles. The van der Waals surface area contributed by atoms with Gasteiger partial charge in [0.1, 0.15) is 12.5 Å². The minimum atomic E-state index is -4.47. The van der Waals surface area contributed by atoms with E-state index in [2.05, 4.69) is 4.98 Å². The molecule has 1 aromatic heterocycles. The lowest BCUT2D eigenvalue weighted by molar-refractivity contribution is -0.141. The Hall–Kier alpha value is -1.07. The van der Waals surface area contributed by atoms with Gasteiger partial charge in [-0.1, -0.05) is 0 Å². The van der Waals surface area contributed by atoms with Crippen LogP contribution in [0.15, 0.2) is 6.20 Å². The predicted molar refractivity (Wildman–Crippen MR) is 42.7 cm³/mol. The zero-order valence-corrected chi connectivity index (χ0v) is 7.77. The third-order valence-electron chi connectivity index (χ3n) is 1.91. The summed E-state index contributed by atoms with van der Waals surface area (Å²) in [6.07, 6.45) is -3.63. The Kier molecular flexibility index (Phi) is 2.82. The molecule has 0 aliphatic heterocycles. The van der Waals surface area contributed by atoms with Crippen LogP contribution in [0.2, 0.25) is 0 Å². The Labute approximate surface area is 78.6 Å². The fourth-order valence-corrected chi connectivity index (χ4v) is 1.14. The van der Waals surface area contributed by atoms with Gasteiger partial charge in [0.15, 0.2) is 5.69 Å². The summed E-state index contributed by atoms with van der Waals surface area (Å²) in [7, 11) is 0. The molecule has 1 unspecified atom stereocenters. The quantitative estimate of drug-likeness (QED) is 0.686. The van der Waals surface area contributed by atoms with Crippen LogP contribution in [-0.2, 0) is 6.18 Å². The van der Waals surface area contributed by atoms with E-state index in [0.29, 0.717) is 0 Å². The van der Waals surface area contributed by atoms with Crippen LogP contribution < -0.4 is 0 Å². The number of rotatable bonds is 2. The van der Waals surface area contributed by atoms with Crippen LogP contribution in [0.3, 0.4) is 0 Å². The third-order valence-corrected chi connectivity index (χ3v) is 1.91. The molecule has 0 bridgehead atoms. The van der Waals surface area contributed by atoms with Crippen LogP contribution in [0.25, 0.3) is 0 Å². The second kappa shape index (κ2) is 3.59. The maximum Gasteiger partial charge on any atom is 0.434 e. The van der Waals surface area contributed by atoms with Crippen LogP contribution in [-0.4, -0.2) is 16.2 Å². The number of nitrogens with zero attached hydrogens (tertiary/aromatic N) is 2. The zero-order valence-electron chi connectivity index (χ0n) is 7.77. The Bertz CT molecular complexity index is 316. The van der Waals surface area contributed by atoms with Gasteiger partial charge in [0.2, 0.25) is 0 Å². The van der Waals surface area contributed by atoms with Gasteiger partial charge < -0.3 is 4.57 Å². The largest absolute Gasteiger partial charge is 0.434 e. The van der Waals surface area contributed by atoms with Crippen molar-refractivity contribution in [3.8, 4) is 0 Å². The molecule has 1 aromatic rings. The van der Waals surface area contributed by atoms with Gasteiger partial charge in [-0.15, -0.1) is 0 Å². The first-order chi connectivity index (χ1) is 6.36. The molecule has 0 spiro atoms. The number of aryl methyl sites for hydroxylation is 1.